The molecule has 0 aliphatic carbocycles. The highest BCUT2D eigenvalue weighted by molar-refractivity contribution is 7.89. The van der Waals surface area contributed by atoms with Crippen LogP contribution in [0.15, 0.2) is 58.3 Å². The fraction of sp³-hybridized carbons (Fsp3) is 0.480. The number of rotatable bonds is 6. The molecule has 1 aromatic heterocycles. The van der Waals surface area contributed by atoms with Crippen molar-refractivity contribution in [2.45, 2.75) is 67.2 Å². The summed E-state index contributed by atoms with van der Waals surface area (Å²) in [6.07, 6.45) is 4.98. The van der Waals surface area contributed by atoms with E-state index < -0.39 is 20.0 Å². The van der Waals surface area contributed by atoms with E-state index in [4.69, 9.17) is 4.98 Å². The van der Waals surface area contributed by atoms with E-state index in [1.54, 1.807) is 15.6 Å². The number of thiazole rings is 1. The summed E-state index contributed by atoms with van der Waals surface area (Å²) in [7, 11) is -7.33. The van der Waals surface area contributed by atoms with Crippen molar-refractivity contribution in [3.05, 3.63) is 53.5 Å². The number of hydrogen-bond donors (Lipinski definition) is 0. The van der Waals surface area contributed by atoms with Gasteiger partial charge in [-0.15, -0.1) is 11.3 Å². The lowest BCUT2D eigenvalue weighted by Gasteiger charge is -2.34. The molecule has 0 N–H and O–H groups in total. The largest absolute Gasteiger partial charge is 0.243 e. The molecule has 5 rings (SSSR count). The van der Waals surface area contributed by atoms with Crippen LogP contribution in [0.3, 0.4) is 0 Å². The second kappa shape index (κ2) is 9.89. The topological polar surface area (TPSA) is 87.7 Å². The molecule has 2 saturated heterocycles. The molecule has 1 unspecified atom stereocenters. The predicted octanol–water partition coefficient (Wildman–Crippen LogP) is 4.82. The number of fused-ring (bicyclic) bond motifs is 1. The van der Waals surface area contributed by atoms with Gasteiger partial charge in [0.1, 0.15) is 0 Å². The summed E-state index contributed by atoms with van der Waals surface area (Å²) >= 11 is 1.69. The zero-order chi connectivity index (χ0) is 24.6. The van der Waals surface area contributed by atoms with Gasteiger partial charge in [0.25, 0.3) is 0 Å². The number of aromatic nitrogens is 1. The number of nitrogens with zero attached hydrogens (tertiary/aromatic N) is 3. The average Bonchev–Trinajstić information content (AvgIpc) is 3.33. The van der Waals surface area contributed by atoms with Crippen LogP contribution in [-0.2, 0) is 20.0 Å². The first kappa shape index (κ1) is 24.8. The quantitative estimate of drug-likeness (QED) is 0.453. The van der Waals surface area contributed by atoms with Crippen molar-refractivity contribution in [3.63, 3.8) is 0 Å². The van der Waals surface area contributed by atoms with Crippen molar-refractivity contribution < 1.29 is 16.8 Å². The fourth-order valence-corrected chi connectivity index (χ4v) is 9.55. The van der Waals surface area contributed by atoms with Gasteiger partial charge < -0.3 is 0 Å². The molecule has 188 valence electrons. The molecule has 10 heteroatoms. The summed E-state index contributed by atoms with van der Waals surface area (Å²) in [6, 6.07) is 13.8. The van der Waals surface area contributed by atoms with Gasteiger partial charge in [-0.25, -0.2) is 21.8 Å². The smallest absolute Gasteiger partial charge is 0.241 e. The summed E-state index contributed by atoms with van der Waals surface area (Å²) in [4.78, 5) is 5.05. The van der Waals surface area contributed by atoms with Gasteiger partial charge in [-0.2, -0.15) is 8.61 Å². The number of benzene rings is 2. The lowest BCUT2D eigenvalue weighted by Crippen LogP contribution is -2.43. The normalized spacial score (nSPS) is 21.5. The Bertz CT molecular complexity index is 1360. The fourth-order valence-electron chi connectivity index (χ4n) is 5.17. The van der Waals surface area contributed by atoms with Gasteiger partial charge in [-0.1, -0.05) is 25.5 Å². The van der Waals surface area contributed by atoms with Gasteiger partial charge in [-0.3, -0.25) is 0 Å². The molecule has 0 amide bonds. The van der Waals surface area contributed by atoms with Gasteiger partial charge in [0.05, 0.1) is 25.0 Å². The van der Waals surface area contributed by atoms with E-state index >= 15 is 0 Å². The molecule has 2 aromatic carbocycles. The van der Waals surface area contributed by atoms with Crippen LogP contribution in [0, 0.1) is 0 Å². The molecular weight excluding hydrogens is 502 g/mol. The Morgan fingerprint density at radius 1 is 0.857 bits per heavy atom. The maximum atomic E-state index is 13.3. The van der Waals surface area contributed by atoms with Crippen molar-refractivity contribution in [2.75, 3.05) is 19.6 Å². The highest BCUT2D eigenvalue weighted by Gasteiger charge is 2.34. The Morgan fingerprint density at radius 3 is 2.17 bits per heavy atom. The van der Waals surface area contributed by atoms with Crippen LogP contribution in [0.25, 0.3) is 10.2 Å². The van der Waals surface area contributed by atoms with E-state index in [-0.39, 0.29) is 21.8 Å². The Balaban J connectivity index is 1.28. The molecule has 7 nitrogen and oxygen atoms in total. The zero-order valence-electron chi connectivity index (χ0n) is 19.8. The maximum Gasteiger partial charge on any atom is 0.243 e. The van der Waals surface area contributed by atoms with E-state index in [1.807, 2.05) is 25.1 Å². The third kappa shape index (κ3) is 4.79. The van der Waals surface area contributed by atoms with E-state index in [2.05, 4.69) is 6.07 Å². The van der Waals surface area contributed by atoms with Crippen LogP contribution in [0.1, 0.15) is 56.4 Å². The standard InChI is InChI=1S/C25H31N3O4S3/c1-2-20-7-5-6-16-28(20)35(31,32)22-12-10-21(11-13-22)34(29,30)27-17-14-19(15-18-27)25-26-23-8-3-4-9-24(23)33-25/h3-4,8-13,19-20H,2,5-7,14-18H2,1H3. The molecule has 2 aliphatic rings. The molecule has 2 aliphatic heterocycles. The van der Waals surface area contributed by atoms with Crippen molar-refractivity contribution in [1.82, 2.24) is 13.6 Å². The molecule has 35 heavy (non-hydrogen) atoms. The van der Waals surface area contributed by atoms with Crippen LogP contribution >= 0.6 is 11.3 Å². The lowest BCUT2D eigenvalue weighted by atomic mass is 9.99. The van der Waals surface area contributed by atoms with Crippen molar-refractivity contribution >= 4 is 41.6 Å². The van der Waals surface area contributed by atoms with Gasteiger partial charge in [-0.05, 0) is 68.5 Å². The van der Waals surface area contributed by atoms with E-state index in [1.165, 1.54) is 28.6 Å². The maximum absolute atomic E-state index is 13.3. The Kier molecular flexibility index (Phi) is 7.02. The Morgan fingerprint density at radius 2 is 1.51 bits per heavy atom. The number of hydrogen-bond acceptors (Lipinski definition) is 6. The number of piperidine rings is 2. The molecule has 3 heterocycles. The summed E-state index contributed by atoms with van der Waals surface area (Å²) in [5.41, 5.74) is 0.993. The summed E-state index contributed by atoms with van der Waals surface area (Å²) in [5.74, 6) is 0.252. The van der Waals surface area contributed by atoms with E-state index in [9.17, 15) is 16.8 Å². The Labute approximate surface area is 211 Å². The minimum atomic E-state index is -3.69. The van der Waals surface area contributed by atoms with Crippen LogP contribution in [-0.4, -0.2) is 56.1 Å². The average molecular weight is 534 g/mol. The highest BCUT2D eigenvalue weighted by atomic mass is 32.2. The molecule has 0 radical (unpaired) electrons. The summed E-state index contributed by atoms with van der Waals surface area (Å²) in [6.45, 7) is 3.38. The van der Waals surface area contributed by atoms with E-state index in [0.717, 1.165) is 53.7 Å². The number of sulfonamides is 2. The molecule has 0 bridgehead atoms. The zero-order valence-corrected chi connectivity index (χ0v) is 22.3. The van der Waals surface area contributed by atoms with Crippen molar-refractivity contribution in [2.24, 2.45) is 0 Å². The van der Waals surface area contributed by atoms with Gasteiger partial charge >= 0.3 is 0 Å². The second-order valence-corrected chi connectivity index (χ2v) is 14.2. The monoisotopic (exact) mass is 533 g/mol. The van der Waals surface area contributed by atoms with Crippen LogP contribution in [0.2, 0.25) is 0 Å². The first-order valence-electron chi connectivity index (χ1n) is 12.3. The van der Waals surface area contributed by atoms with Gasteiger partial charge in [0.15, 0.2) is 0 Å². The second-order valence-electron chi connectivity index (χ2n) is 9.34. The highest BCUT2D eigenvalue weighted by Crippen LogP contribution is 2.35. The molecule has 0 spiro atoms. The molecule has 0 saturated carbocycles. The third-order valence-corrected chi connectivity index (χ3v) is 12.3. The van der Waals surface area contributed by atoms with Crippen LogP contribution in [0.4, 0.5) is 0 Å². The lowest BCUT2D eigenvalue weighted by molar-refractivity contribution is 0.246. The first-order chi connectivity index (χ1) is 16.8. The minimum Gasteiger partial charge on any atom is -0.241 e. The van der Waals surface area contributed by atoms with Crippen LogP contribution < -0.4 is 0 Å². The summed E-state index contributed by atoms with van der Waals surface area (Å²) < 4.78 is 57.3. The molecule has 1 atom stereocenters. The SMILES string of the molecule is CCC1CCCCN1S(=O)(=O)c1ccc(S(=O)(=O)N2CCC(c3nc4ccccc4s3)CC2)cc1. The first-order valence-corrected chi connectivity index (χ1v) is 16.0. The van der Waals surface area contributed by atoms with E-state index in [0.29, 0.717) is 19.6 Å². The molecule has 3 aromatic rings. The number of para-hydroxylation sites is 1. The van der Waals surface area contributed by atoms with Gasteiger partial charge in [0.2, 0.25) is 20.0 Å². The van der Waals surface area contributed by atoms with Crippen molar-refractivity contribution in [1.29, 1.82) is 0 Å². The minimum absolute atomic E-state index is 0.00822. The Hall–Kier alpha value is -1.85. The van der Waals surface area contributed by atoms with Crippen molar-refractivity contribution in [3.8, 4) is 0 Å². The summed E-state index contributed by atoms with van der Waals surface area (Å²) in [5, 5.41) is 1.07. The van der Waals surface area contributed by atoms with Gasteiger partial charge in [0, 0.05) is 31.6 Å². The van der Waals surface area contributed by atoms with Crippen LogP contribution in [0.5, 0.6) is 0 Å². The molecule has 2 fully saturated rings. The predicted molar refractivity (Wildman–Crippen MR) is 139 cm³/mol. The third-order valence-electron chi connectivity index (χ3n) is 7.23. The molecular formula is C25H31N3O4S3.